The van der Waals surface area contributed by atoms with E-state index in [2.05, 4.69) is 0 Å². The molecule has 0 bridgehead atoms. The molecule has 5 nitrogen and oxygen atoms in total. The third kappa shape index (κ3) is 3.17. The molecule has 0 aliphatic heterocycles. The fourth-order valence-corrected chi connectivity index (χ4v) is 1.82. The Labute approximate surface area is 101 Å². The number of nitro benzene ring substituents is 1. The van der Waals surface area contributed by atoms with Crippen LogP contribution in [0.25, 0.3) is 0 Å². The normalized spacial score (nSPS) is 10.6. The number of benzene rings is 1. The van der Waals surface area contributed by atoms with Crippen LogP contribution in [0, 0.1) is 17.0 Å². The molecule has 17 heavy (non-hydrogen) atoms. The van der Waals surface area contributed by atoms with Gasteiger partial charge in [-0.25, -0.2) is 0 Å². The summed E-state index contributed by atoms with van der Waals surface area (Å²) >= 11 is 0. The Hall–Kier alpha value is -1.62. The van der Waals surface area contributed by atoms with Crippen LogP contribution in [0.15, 0.2) is 18.2 Å². The lowest BCUT2D eigenvalue weighted by Crippen LogP contribution is -2.33. The number of nitrogens with zero attached hydrogens (tertiary/aromatic N) is 2. The SMILES string of the molecule is Cc1cc(N(CCO)C(C)C)ccc1[N+](=O)[O-]. The highest BCUT2D eigenvalue weighted by Crippen LogP contribution is 2.25. The number of hydrogen-bond donors (Lipinski definition) is 1. The van der Waals surface area contributed by atoms with Crippen molar-refractivity contribution >= 4 is 11.4 Å². The maximum atomic E-state index is 10.7. The van der Waals surface area contributed by atoms with Crippen LogP contribution in [-0.4, -0.2) is 29.2 Å². The van der Waals surface area contributed by atoms with Gasteiger partial charge in [0, 0.05) is 29.9 Å². The zero-order chi connectivity index (χ0) is 13.0. The van der Waals surface area contributed by atoms with Gasteiger partial charge in [0.05, 0.1) is 11.5 Å². The molecule has 1 rings (SSSR count). The van der Waals surface area contributed by atoms with Gasteiger partial charge in [-0.05, 0) is 32.9 Å². The van der Waals surface area contributed by atoms with Crippen LogP contribution in [0.1, 0.15) is 19.4 Å². The van der Waals surface area contributed by atoms with Crippen molar-refractivity contribution in [1.82, 2.24) is 0 Å². The third-order valence-corrected chi connectivity index (χ3v) is 2.67. The van der Waals surface area contributed by atoms with Crippen LogP contribution < -0.4 is 4.90 Å². The van der Waals surface area contributed by atoms with E-state index in [1.807, 2.05) is 18.7 Å². The minimum atomic E-state index is -0.384. The lowest BCUT2D eigenvalue weighted by atomic mass is 10.1. The van der Waals surface area contributed by atoms with Gasteiger partial charge in [-0.15, -0.1) is 0 Å². The molecule has 0 saturated carbocycles. The van der Waals surface area contributed by atoms with Gasteiger partial charge in [-0.1, -0.05) is 0 Å². The van der Waals surface area contributed by atoms with Crippen molar-refractivity contribution in [3.63, 3.8) is 0 Å². The Morgan fingerprint density at radius 1 is 1.47 bits per heavy atom. The largest absolute Gasteiger partial charge is 0.395 e. The first-order chi connectivity index (χ1) is 7.97. The topological polar surface area (TPSA) is 66.6 Å². The molecule has 5 heteroatoms. The van der Waals surface area contributed by atoms with Crippen molar-refractivity contribution in [3.05, 3.63) is 33.9 Å². The Bertz CT molecular complexity index is 405. The summed E-state index contributed by atoms with van der Waals surface area (Å²) in [5.41, 5.74) is 1.66. The van der Waals surface area contributed by atoms with Crippen molar-refractivity contribution < 1.29 is 10.0 Å². The maximum Gasteiger partial charge on any atom is 0.272 e. The number of aliphatic hydroxyl groups is 1. The molecule has 0 unspecified atom stereocenters. The number of aliphatic hydroxyl groups excluding tert-OH is 1. The van der Waals surface area contributed by atoms with Crippen LogP contribution in [0.3, 0.4) is 0 Å². The van der Waals surface area contributed by atoms with Gasteiger partial charge in [-0.3, -0.25) is 10.1 Å². The Balaban J connectivity index is 3.06. The highest BCUT2D eigenvalue weighted by atomic mass is 16.6. The highest BCUT2D eigenvalue weighted by Gasteiger charge is 2.15. The quantitative estimate of drug-likeness (QED) is 0.630. The van der Waals surface area contributed by atoms with Gasteiger partial charge in [0.1, 0.15) is 0 Å². The van der Waals surface area contributed by atoms with Crippen molar-refractivity contribution in [3.8, 4) is 0 Å². The predicted molar refractivity (Wildman–Crippen MR) is 67.4 cm³/mol. The fourth-order valence-electron chi connectivity index (χ4n) is 1.82. The minimum absolute atomic E-state index is 0.0637. The van der Waals surface area contributed by atoms with Crippen LogP contribution in [0.2, 0.25) is 0 Å². The Kier molecular flexibility index (Phi) is 4.45. The minimum Gasteiger partial charge on any atom is -0.395 e. The summed E-state index contributed by atoms with van der Waals surface area (Å²) in [6, 6.07) is 5.26. The molecule has 0 amide bonds. The van der Waals surface area contributed by atoms with Crippen molar-refractivity contribution in [1.29, 1.82) is 0 Å². The summed E-state index contributed by atoms with van der Waals surface area (Å²) in [4.78, 5) is 12.3. The second kappa shape index (κ2) is 5.63. The molecule has 0 fully saturated rings. The van der Waals surface area contributed by atoms with E-state index in [9.17, 15) is 10.1 Å². The molecule has 1 aromatic carbocycles. The first-order valence-corrected chi connectivity index (χ1v) is 5.60. The number of rotatable bonds is 5. The summed E-state index contributed by atoms with van der Waals surface area (Å²) in [5, 5.41) is 19.7. The van der Waals surface area contributed by atoms with Gasteiger partial charge in [0.15, 0.2) is 0 Å². The zero-order valence-corrected chi connectivity index (χ0v) is 10.4. The van der Waals surface area contributed by atoms with Crippen molar-refractivity contribution in [2.24, 2.45) is 0 Å². The monoisotopic (exact) mass is 238 g/mol. The summed E-state index contributed by atoms with van der Waals surface area (Å²) < 4.78 is 0. The van der Waals surface area contributed by atoms with Gasteiger partial charge in [0.25, 0.3) is 5.69 Å². The second-order valence-corrected chi connectivity index (χ2v) is 4.24. The molecule has 0 saturated heterocycles. The number of hydrogen-bond acceptors (Lipinski definition) is 4. The molecular weight excluding hydrogens is 220 g/mol. The summed E-state index contributed by atoms with van der Waals surface area (Å²) in [5.74, 6) is 0. The summed E-state index contributed by atoms with van der Waals surface area (Å²) in [7, 11) is 0. The summed E-state index contributed by atoms with van der Waals surface area (Å²) in [6.07, 6.45) is 0. The average Bonchev–Trinajstić information content (AvgIpc) is 2.24. The fraction of sp³-hybridized carbons (Fsp3) is 0.500. The molecule has 0 spiro atoms. The highest BCUT2D eigenvalue weighted by molar-refractivity contribution is 5.55. The molecule has 0 aliphatic rings. The van der Waals surface area contributed by atoms with Crippen molar-refractivity contribution in [2.75, 3.05) is 18.1 Å². The van der Waals surface area contributed by atoms with E-state index in [-0.39, 0.29) is 23.3 Å². The summed E-state index contributed by atoms with van der Waals surface area (Å²) in [6.45, 7) is 6.35. The first-order valence-electron chi connectivity index (χ1n) is 5.60. The molecule has 0 heterocycles. The molecule has 0 atom stereocenters. The van der Waals surface area contributed by atoms with Gasteiger partial charge in [0.2, 0.25) is 0 Å². The van der Waals surface area contributed by atoms with E-state index in [4.69, 9.17) is 5.11 Å². The Morgan fingerprint density at radius 2 is 2.12 bits per heavy atom. The van der Waals surface area contributed by atoms with E-state index >= 15 is 0 Å². The van der Waals surface area contributed by atoms with Gasteiger partial charge in [-0.2, -0.15) is 0 Å². The molecule has 94 valence electrons. The average molecular weight is 238 g/mol. The van der Waals surface area contributed by atoms with Crippen LogP contribution in [0.5, 0.6) is 0 Å². The van der Waals surface area contributed by atoms with E-state index in [1.165, 1.54) is 6.07 Å². The standard InChI is InChI=1S/C12H18N2O3/c1-9(2)13(6-7-15)11-4-5-12(14(16)17)10(3)8-11/h4-5,8-9,15H,6-7H2,1-3H3. The molecule has 0 aliphatic carbocycles. The van der Waals surface area contributed by atoms with E-state index < -0.39 is 0 Å². The van der Waals surface area contributed by atoms with Gasteiger partial charge < -0.3 is 10.0 Å². The molecule has 1 aromatic rings. The predicted octanol–water partition coefficient (Wildman–Crippen LogP) is 2.11. The van der Waals surface area contributed by atoms with E-state index in [1.54, 1.807) is 19.1 Å². The maximum absolute atomic E-state index is 10.7. The number of anilines is 1. The zero-order valence-electron chi connectivity index (χ0n) is 10.4. The molecule has 0 aromatic heterocycles. The molecule has 0 radical (unpaired) electrons. The Morgan fingerprint density at radius 3 is 2.53 bits per heavy atom. The first kappa shape index (κ1) is 13.4. The lowest BCUT2D eigenvalue weighted by Gasteiger charge is -2.28. The lowest BCUT2D eigenvalue weighted by molar-refractivity contribution is -0.385. The van der Waals surface area contributed by atoms with E-state index in [0.29, 0.717) is 12.1 Å². The smallest absolute Gasteiger partial charge is 0.272 e. The second-order valence-electron chi connectivity index (χ2n) is 4.24. The van der Waals surface area contributed by atoms with Crippen LogP contribution >= 0.6 is 0 Å². The van der Waals surface area contributed by atoms with Crippen LogP contribution in [0.4, 0.5) is 11.4 Å². The number of aryl methyl sites for hydroxylation is 1. The van der Waals surface area contributed by atoms with Crippen molar-refractivity contribution in [2.45, 2.75) is 26.8 Å². The van der Waals surface area contributed by atoms with Gasteiger partial charge >= 0.3 is 0 Å². The van der Waals surface area contributed by atoms with E-state index in [0.717, 1.165) is 5.69 Å². The third-order valence-electron chi connectivity index (χ3n) is 2.67. The molecular formula is C12H18N2O3. The molecule has 1 N–H and O–H groups in total. The number of nitro groups is 1. The van der Waals surface area contributed by atoms with Crippen LogP contribution in [-0.2, 0) is 0 Å².